The molecule has 0 fully saturated rings. The molecule has 102 valence electrons. The van der Waals surface area contributed by atoms with Gasteiger partial charge < -0.3 is 0 Å². The molecule has 0 saturated heterocycles. The Balaban J connectivity index is 2.98. The molecule has 1 aromatic carbocycles. The van der Waals surface area contributed by atoms with Crippen LogP contribution in [0.5, 0.6) is 0 Å². The molecule has 1 aromatic rings. The molecule has 0 heterocycles. The van der Waals surface area contributed by atoms with Crippen molar-refractivity contribution >= 4 is 31.9 Å². The van der Waals surface area contributed by atoms with Gasteiger partial charge in [0.25, 0.3) is 0 Å². The van der Waals surface area contributed by atoms with Gasteiger partial charge in [0.1, 0.15) is 11.6 Å². The highest BCUT2D eigenvalue weighted by Gasteiger charge is 2.30. The Morgan fingerprint density at radius 2 is 1.78 bits per heavy atom. The molecule has 0 saturated carbocycles. The normalized spacial score (nSPS) is 12.2. The number of alkyl halides is 2. The molecule has 0 atom stereocenters. The smallest absolute Gasteiger partial charge is 0.126 e. The van der Waals surface area contributed by atoms with Crippen molar-refractivity contribution in [1.29, 1.82) is 0 Å². The lowest BCUT2D eigenvalue weighted by Crippen LogP contribution is -2.30. The molecule has 0 N–H and O–H groups in total. The first-order valence-corrected chi connectivity index (χ1v) is 8.22. The lowest BCUT2D eigenvalue weighted by Gasteiger charge is -2.32. The van der Waals surface area contributed by atoms with Crippen LogP contribution in [0.2, 0.25) is 0 Å². The maximum absolute atomic E-state index is 13.7. The van der Waals surface area contributed by atoms with Crippen molar-refractivity contribution in [2.75, 3.05) is 10.7 Å². The predicted molar refractivity (Wildman–Crippen MR) is 79.5 cm³/mol. The van der Waals surface area contributed by atoms with Crippen LogP contribution < -0.4 is 0 Å². The first kappa shape index (κ1) is 16.1. The van der Waals surface area contributed by atoms with Gasteiger partial charge in [-0.2, -0.15) is 0 Å². The molecule has 0 unspecified atom stereocenters. The zero-order valence-corrected chi connectivity index (χ0v) is 13.8. The summed E-state index contributed by atoms with van der Waals surface area (Å²) >= 11 is 7.03. The number of halogens is 4. The zero-order valence-electron chi connectivity index (χ0n) is 10.6. The summed E-state index contributed by atoms with van der Waals surface area (Å²) in [6.45, 7) is 4.28. The summed E-state index contributed by atoms with van der Waals surface area (Å²) < 4.78 is 26.9. The fourth-order valence-corrected chi connectivity index (χ4v) is 4.04. The maximum Gasteiger partial charge on any atom is 0.126 e. The molecule has 0 bridgehead atoms. The van der Waals surface area contributed by atoms with Gasteiger partial charge in [-0.25, -0.2) is 8.78 Å². The first-order valence-electron chi connectivity index (χ1n) is 5.98. The monoisotopic (exact) mass is 382 g/mol. The molecule has 4 heteroatoms. The summed E-state index contributed by atoms with van der Waals surface area (Å²) in [7, 11) is 0. The zero-order chi connectivity index (χ0) is 13.8. The molecule has 0 aliphatic heterocycles. The lowest BCUT2D eigenvalue weighted by atomic mass is 9.78. The van der Waals surface area contributed by atoms with Crippen LogP contribution in [0.1, 0.15) is 25.8 Å². The molecule has 0 aliphatic carbocycles. The Bertz CT molecular complexity index is 387. The Kier molecular flexibility index (Phi) is 6.25. The maximum atomic E-state index is 13.7. The van der Waals surface area contributed by atoms with E-state index >= 15 is 0 Å². The van der Waals surface area contributed by atoms with Crippen LogP contribution >= 0.6 is 31.9 Å². The van der Waals surface area contributed by atoms with Crippen molar-refractivity contribution in [3.05, 3.63) is 35.4 Å². The Labute approximate surface area is 124 Å². The van der Waals surface area contributed by atoms with E-state index in [1.54, 1.807) is 0 Å². The fourth-order valence-electron chi connectivity index (χ4n) is 2.26. The SMILES string of the molecule is CC(C)CC(CBr)(CBr)Cc1cc(F)ccc1F. The van der Waals surface area contributed by atoms with E-state index in [2.05, 4.69) is 45.7 Å². The third-order valence-electron chi connectivity index (χ3n) is 2.98. The van der Waals surface area contributed by atoms with Gasteiger partial charge in [-0.1, -0.05) is 45.7 Å². The minimum atomic E-state index is -0.381. The van der Waals surface area contributed by atoms with Gasteiger partial charge in [-0.3, -0.25) is 0 Å². The van der Waals surface area contributed by atoms with Crippen molar-refractivity contribution in [1.82, 2.24) is 0 Å². The molecule has 0 nitrogen and oxygen atoms in total. The van der Waals surface area contributed by atoms with Crippen LogP contribution in [0.25, 0.3) is 0 Å². The van der Waals surface area contributed by atoms with E-state index in [1.165, 1.54) is 12.1 Å². The predicted octanol–water partition coefficient (Wildman–Crippen LogP) is 5.33. The lowest BCUT2D eigenvalue weighted by molar-refractivity contribution is 0.300. The second kappa shape index (κ2) is 6.99. The minimum Gasteiger partial charge on any atom is -0.207 e. The standard InChI is InChI=1S/C14H18Br2F2/c1-10(2)6-14(8-15,9-16)7-11-5-12(17)3-4-13(11)18/h3-5,10H,6-9H2,1-2H3. The fraction of sp³-hybridized carbons (Fsp3) is 0.571. The minimum absolute atomic E-state index is 0.0806. The molecular formula is C14H18Br2F2. The van der Waals surface area contributed by atoms with Gasteiger partial charge >= 0.3 is 0 Å². The van der Waals surface area contributed by atoms with E-state index in [9.17, 15) is 8.78 Å². The van der Waals surface area contributed by atoms with E-state index in [0.29, 0.717) is 17.9 Å². The summed E-state index contributed by atoms with van der Waals surface area (Å²) in [5, 5.41) is 1.53. The molecule has 1 rings (SSSR count). The summed E-state index contributed by atoms with van der Waals surface area (Å²) in [6, 6.07) is 3.66. The van der Waals surface area contributed by atoms with Gasteiger partial charge in [0, 0.05) is 10.7 Å². The van der Waals surface area contributed by atoms with Crippen molar-refractivity contribution < 1.29 is 8.78 Å². The Morgan fingerprint density at radius 3 is 2.28 bits per heavy atom. The number of rotatable bonds is 6. The van der Waals surface area contributed by atoms with Gasteiger partial charge in [0.2, 0.25) is 0 Å². The van der Waals surface area contributed by atoms with E-state index in [0.717, 1.165) is 23.1 Å². The highest BCUT2D eigenvalue weighted by atomic mass is 79.9. The second-order valence-corrected chi connectivity index (χ2v) is 6.40. The van der Waals surface area contributed by atoms with Gasteiger partial charge in [0.15, 0.2) is 0 Å². The summed E-state index contributed by atoms with van der Waals surface area (Å²) in [4.78, 5) is 0. The van der Waals surface area contributed by atoms with Crippen LogP contribution in [0.3, 0.4) is 0 Å². The third kappa shape index (κ3) is 4.30. The topological polar surface area (TPSA) is 0 Å². The van der Waals surface area contributed by atoms with Gasteiger partial charge in [-0.05, 0) is 47.9 Å². The van der Waals surface area contributed by atoms with Gasteiger partial charge in [-0.15, -0.1) is 0 Å². The highest BCUT2D eigenvalue weighted by Crippen LogP contribution is 2.35. The molecule has 0 amide bonds. The number of benzene rings is 1. The molecule has 18 heavy (non-hydrogen) atoms. The quantitative estimate of drug-likeness (QED) is 0.582. The van der Waals surface area contributed by atoms with Crippen LogP contribution in [-0.4, -0.2) is 10.7 Å². The molecule has 0 radical (unpaired) electrons. The molecule has 0 aliphatic rings. The van der Waals surface area contributed by atoms with E-state index in [4.69, 9.17) is 0 Å². The summed E-state index contributed by atoms with van der Waals surface area (Å²) in [5.74, 6) is -0.197. The third-order valence-corrected chi connectivity index (χ3v) is 5.36. The van der Waals surface area contributed by atoms with Crippen LogP contribution in [0, 0.1) is 23.0 Å². The van der Waals surface area contributed by atoms with E-state index < -0.39 is 0 Å². The summed E-state index contributed by atoms with van der Waals surface area (Å²) in [5.41, 5.74) is 0.373. The average Bonchev–Trinajstić information content (AvgIpc) is 2.32. The van der Waals surface area contributed by atoms with Crippen LogP contribution in [0.15, 0.2) is 18.2 Å². The largest absolute Gasteiger partial charge is 0.207 e. The molecule has 0 spiro atoms. The van der Waals surface area contributed by atoms with Crippen molar-refractivity contribution in [2.45, 2.75) is 26.7 Å². The van der Waals surface area contributed by atoms with Crippen LogP contribution in [0.4, 0.5) is 8.78 Å². The highest BCUT2D eigenvalue weighted by molar-refractivity contribution is 9.09. The average molecular weight is 384 g/mol. The van der Waals surface area contributed by atoms with Gasteiger partial charge in [0.05, 0.1) is 0 Å². The first-order chi connectivity index (χ1) is 8.42. The van der Waals surface area contributed by atoms with E-state index in [-0.39, 0.29) is 17.0 Å². The number of hydrogen-bond acceptors (Lipinski definition) is 0. The number of hydrogen-bond donors (Lipinski definition) is 0. The van der Waals surface area contributed by atoms with Crippen molar-refractivity contribution in [3.63, 3.8) is 0 Å². The van der Waals surface area contributed by atoms with Crippen molar-refractivity contribution in [3.8, 4) is 0 Å². The van der Waals surface area contributed by atoms with E-state index in [1.807, 2.05) is 0 Å². The summed E-state index contributed by atoms with van der Waals surface area (Å²) in [6.07, 6.45) is 1.49. The Morgan fingerprint density at radius 1 is 1.17 bits per heavy atom. The molecule has 0 aromatic heterocycles. The van der Waals surface area contributed by atoms with Crippen LogP contribution in [-0.2, 0) is 6.42 Å². The Hall–Kier alpha value is 0.0400. The second-order valence-electron chi connectivity index (χ2n) is 5.28. The van der Waals surface area contributed by atoms with Crippen molar-refractivity contribution in [2.24, 2.45) is 11.3 Å². The molecular weight excluding hydrogens is 366 g/mol.